The van der Waals surface area contributed by atoms with Gasteiger partial charge in [-0.15, -0.1) is 0 Å². The summed E-state index contributed by atoms with van der Waals surface area (Å²) in [6.07, 6.45) is 6.06. The summed E-state index contributed by atoms with van der Waals surface area (Å²) < 4.78 is 0. The highest BCUT2D eigenvalue weighted by Crippen LogP contribution is 2.03. The van der Waals surface area contributed by atoms with Crippen molar-refractivity contribution in [2.75, 3.05) is 0 Å². The molecule has 0 rings (SSSR count). The maximum absolute atomic E-state index is 8.48. The summed E-state index contributed by atoms with van der Waals surface area (Å²) in [6, 6.07) is 0. The molecule has 2 heteroatoms. The number of allylic oxidation sites excluding steroid dienone is 1. The van der Waals surface area contributed by atoms with Crippen LogP contribution >= 0.6 is 11.6 Å². The lowest BCUT2D eigenvalue weighted by Crippen LogP contribution is -1.72. The van der Waals surface area contributed by atoms with E-state index in [4.69, 9.17) is 16.7 Å². The molecular weight excluding hydrogens is 136 g/mol. The third-order valence-electron chi connectivity index (χ3n) is 1.12. The Kier molecular flexibility index (Phi) is 5.85. The quantitative estimate of drug-likeness (QED) is 0.480. The highest BCUT2D eigenvalue weighted by atomic mass is 35.5. The number of aliphatic hydroxyl groups is 1. The number of unbranched alkanes of at least 4 members (excludes halogenated alkanes) is 3. The van der Waals surface area contributed by atoms with E-state index in [0.717, 1.165) is 12.8 Å². The Bertz CT molecular complexity index is 84.9. The van der Waals surface area contributed by atoms with Crippen molar-refractivity contribution >= 4 is 11.6 Å². The van der Waals surface area contributed by atoms with Gasteiger partial charge in [0.1, 0.15) is 0 Å². The van der Waals surface area contributed by atoms with Crippen LogP contribution in [-0.2, 0) is 0 Å². The maximum Gasteiger partial charge on any atom is 0.180 e. The number of hydrogen-bond acceptors (Lipinski definition) is 1. The molecule has 0 bridgehead atoms. The number of hydrogen-bond donors (Lipinski definition) is 1. The first-order chi connectivity index (χ1) is 4.27. The second-order valence-corrected chi connectivity index (χ2v) is 2.41. The van der Waals surface area contributed by atoms with E-state index in [-0.39, 0.29) is 5.22 Å². The van der Waals surface area contributed by atoms with Gasteiger partial charge in [0.15, 0.2) is 5.22 Å². The fourth-order valence-corrected chi connectivity index (χ4v) is 0.725. The van der Waals surface area contributed by atoms with Crippen molar-refractivity contribution in [1.82, 2.24) is 0 Å². The van der Waals surface area contributed by atoms with E-state index < -0.39 is 0 Å². The first-order valence-electron chi connectivity index (χ1n) is 3.32. The zero-order valence-electron chi connectivity index (χ0n) is 5.73. The Hall–Kier alpha value is -0.170. The molecule has 0 spiro atoms. The van der Waals surface area contributed by atoms with Crippen LogP contribution in [0.2, 0.25) is 0 Å². The second kappa shape index (κ2) is 5.96. The first kappa shape index (κ1) is 8.83. The van der Waals surface area contributed by atoms with E-state index in [1.165, 1.54) is 12.8 Å². The molecule has 1 nitrogen and oxygen atoms in total. The number of rotatable bonds is 4. The molecule has 0 atom stereocenters. The average Bonchev–Trinajstić information content (AvgIpc) is 1.80. The predicted molar refractivity (Wildman–Crippen MR) is 40.7 cm³/mol. The molecule has 0 aliphatic heterocycles. The highest BCUT2D eigenvalue weighted by molar-refractivity contribution is 6.27. The van der Waals surface area contributed by atoms with Crippen LogP contribution in [0.3, 0.4) is 0 Å². The molecule has 1 N–H and O–H groups in total. The summed E-state index contributed by atoms with van der Waals surface area (Å²) in [7, 11) is 0. The smallest absolute Gasteiger partial charge is 0.180 e. The Labute approximate surface area is 61.3 Å². The zero-order valence-corrected chi connectivity index (χ0v) is 6.49. The van der Waals surface area contributed by atoms with E-state index >= 15 is 0 Å². The molecule has 0 aliphatic rings. The fraction of sp³-hybridized carbons (Fsp3) is 0.714. The van der Waals surface area contributed by atoms with Crippen LogP contribution in [0.1, 0.15) is 32.6 Å². The molecule has 0 amide bonds. The summed E-state index contributed by atoms with van der Waals surface area (Å²) in [6.45, 7) is 2.14. The van der Waals surface area contributed by atoms with Gasteiger partial charge in [-0.25, -0.2) is 0 Å². The minimum atomic E-state index is -0.0777. The molecule has 0 aromatic carbocycles. The fourth-order valence-electron chi connectivity index (χ4n) is 0.616. The van der Waals surface area contributed by atoms with E-state index in [2.05, 4.69) is 6.92 Å². The molecule has 0 fully saturated rings. The van der Waals surface area contributed by atoms with Crippen LogP contribution in [0.5, 0.6) is 0 Å². The van der Waals surface area contributed by atoms with Gasteiger partial charge in [-0.1, -0.05) is 19.8 Å². The molecule has 0 aromatic heterocycles. The lowest BCUT2D eigenvalue weighted by atomic mass is 10.2. The lowest BCUT2D eigenvalue weighted by molar-refractivity contribution is 0.449. The van der Waals surface area contributed by atoms with Gasteiger partial charge in [0.25, 0.3) is 0 Å². The summed E-state index contributed by atoms with van der Waals surface area (Å²) in [5.74, 6) is 0. The molecule has 0 unspecified atom stereocenters. The third kappa shape index (κ3) is 7.83. The number of aliphatic hydroxyl groups excluding tert-OH is 1. The molecule has 0 heterocycles. The number of halogens is 1. The van der Waals surface area contributed by atoms with Gasteiger partial charge in [-0.3, -0.25) is 0 Å². The average molecular weight is 149 g/mol. The molecule has 54 valence electrons. The van der Waals surface area contributed by atoms with E-state index in [1.807, 2.05) is 0 Å². The summed E-state index contributed by atoms with van der Waals surface area (Å²) >= 11 is 5.17. The molecule has 0 radical (unpaired) electrons. The monoisotopic (exact) mass is 148 g/mol. The van der Waals surface area contributed by atoms with E-state index in [0.29, 0.717) is 0 Å². The normalized spacial score (nSPS) is 12.0. The predicted octanol–water partition coefficient (Wildman–Crippen LogP) is 3.20. The minimum absolute atomic E-state index is 0.0777. The second-order valence-electron chi connectivity index (χ2n) is 2.02. The van der Waals surface area contributed by atoms with Crippen LogP contribution in [0, 0.1) is 0 Å². The van der Waals surface area contributed by atoms with Gasteiger partial charge in [0.2, 0.25) is 0 Å². The van der Waals surface area contributed by atoms with Gasteiger partial charge < -0.3 is 5.11 Å². The first-order valence-corrected chi connectivity index (χ1v) is 3.69. The molecule has 0 aliphatic carbocycles. The van der Waals surface area contributed by atoms with E-state index in [1.54, 1.807) is 6.08 Å². The molecule has 0 saturated heterocycles. The van der Waals surface area contributed by atoms with Crippen LogP contribution in [0.25, 0.3) is 0 Å². The maximum atomic E-state index is 8.48. The summed E-state index contributed by atoms with van der Waals surface area (Å²) in [5.41, 5.74) is 0. The van der Waals surface area contributed by atoms with Crippen molar-refractivity contribution in [1.29, 1.82) is 0 Å². The van der Waals surface area contributed by atoms with Gasteiger partial charge in [-0.05, 0) is 30.5 Å². The van der Waals surface area contributed by atoms with Crippen molar-refractivity contribution in [3.8, 4) is 0 Å². The largest absolute Gasteiger partial charge is 0.499 e. The van der Waals surface area contributed by atoms with Crippen LogP contribution in [-0.4, -0.2) is 5.11 Å². The molecule has 0 aromatic rings. The Balaban J connectivity index is 3.00. The van der Waals surface area contributed by atoms with Gasteiger partial charge in [0, 0.05) is 0 Å². The van der Waals surface area contributed by atoms with Crippen molar-refractivity contribution < 1.29 is 5.11 Å². The Morgan fingerprint density at radius 2 is 2.22 bits per heavy atom. The van der Waals surface area contributed by atoms with Crippen molar-refractivity contribution in [3.63, 3.8) is 0 Å². The lowest BCUT2D eigenvalue weighted by Gasteiger charge is -1.90. The van der Waals surface area contributed by atoms with Crippen molar-refractivity contribution in [2.24, 2.45) is 0 Å². The highest BCUT2D eigenvalue weighted by Gasteiger charge is 1.84. The zero-order chi connectivity index (χ0) is 7.11. The molecule has 0 saturated carbocycles. The minimum Gasteiger partial charge on any atom is -0.499 e. The standard InChI is InChI=1S/C7H13ClO/c1-2-3-4-5-6-7(8)9/h6,9H,2-5H2,1H3/b7-6+. The topological polar surface area (TPSA) is 20.2 Å². The van der Waals surface area contributed by atoms with Crippen LogP contribution in [0.4, 0.5) is 0 Å². The van der Waals surface area contributed by atoms with Crippen LogP contribution < -0.4 is 0 Å². The third-order valence-corrected chi connectivity index (χ3v) is 1.27. The summed E-state index contributed by atoms with van der Waals surface area (Å²) in [4.78, 5) is 0. The SMILES string of the molecule is CCCCC/C=C(/O)Cl. The molecular formula is C7H13ClO. The molecule has 9 heavy (non-hydrogen) atoms. The van der Waals surface area contributed by atoms with Crippen molar-refractivity contribution in [2.45, 2.75) is 32.6 Å². The summed E-state index contributed by atoms with van der Waals surface area (Å²) in [5, 5.41) is 8.40. The van der Waals surface area contributed by atoms with Crippen LogP contribution in [0.15, 0.2) is 11.3 Å². The van der Waals surface area contributed by atoms with Gasteiger partial charge in [-0.2, -0.15) is 0 Å². The van der Waals surface area contributed by atoms with E-state index in [9.17, 15) is 0 Å². The van der Waals surface area contributed by atoms with Gasteiger partial charge in [0.05, 0.1) is 0 Å². The Morgan fingerprint density at radius 3 is 2.67 bits per heavy atom. The van der Waals surface area contributed by atoms with Crippen molar-refractivity contribution in [3.05, 3.63) is 11.3 Å². The van der Waals surface area contributed by atoms with Gasteiger partial charge >= 0.3 is 0 Å². The Morgan fingerprint density at radius 1 is 1.56 bits per heavy atom.